The second kappa shape index (κ2) is 8.84. The molecule has 5 aromatic carbocycles. The molecule has 4 heteroatoms. The number of benzene rings is 5. The molecule has 0 fully saturated rings. The van der Waals surface area contributed by atoms with E-state index in [4.69, 9.17) is 9.97 Å². The van der Waals surface area contributed by atoms with Crippen LogP contribution in [0.15, 0.2) is 152 Å². The largest absolute Gasteiger partial charge is 0.307 e. The predicted molar refractivity (Wildman–Crippen MR) is 176 cm³/mol. The van der Waals surface area contributed by atoms with E-state index in [1.165, 1.54) is 37.3 Å². The highest BCUT2D eigenvalue weighted by molar-refractivity contribution is 7.23. The number of pyridine rings is 2. The third-order valence-corrected chi connectivity index (χ3v) is 13.8. The van der Waals surface area contributed by atoms with Crippen LogP contribution in [0.1, 0.15) is 0 Å². The van der Waals surface area contributed by atoms with Gasteiger partial charge in [0.15, 0.2) is 8.07 Å². The summed E-state index contributed by atoms with van der Waals surface area (Å²) < 4.78 is 2.37. The molecule has 3 nitrogen and oxygen atoms in total. The van der Waals surface area contributed by atoms with Gasteiger partial charge in [-0.05, 0) is 44.5 Å². The molecular formula is C38H25N3Si. The first-order chi connectivity index (χ1) is 20.9. The monoisotopic (exact) mass is 551 g/mol. The second-order valence-electron chi connectivity index (χ2n) is 11.0. The van der Waals surface area contributed by atoms with Crippen molar-refractivity contribution in [1.29, 1.82) is 0 Å². The van der Waals surface area contributed by atoms with Gasteiger partial charge >= 0.3 is 0 Å². The van der Waals surface area contributed by atoms with E-state index in [2.05, 4.69) is 156 Å². The van der Waals surface area contributed by atoms with E-state index in [0.29, 0.717) is 0 Å². The summed E-state index contributed by atoms with van der Waals surface area (Å²) in [7, 11) is -2.73. The molecular weight excluding hydrogens is 527 g/mol. The van der Waals surface area contributed by atoms with Crippen LogP contribution >= 0.6 is 0 Å². The van der Waals surface area contributed by atoms with Gasteiger partial charge in [0.05, 0.1) is 16.6 Å². The summed E-state index contributed by atoms with van der Waals surface area (Å²) in [6.07, 6.45) is 4.20. The molecule has 9 rings (SSSR count). The second-order valence-corrected chi connectivity index (χ2v) is 14.7. The summed E-state index contributed by atoms with van der Waals surface area (Å²) >= 11 is 0. The minimum absolute atomic E-state index is 0.947. The van der Waals surface area contributed by atoms with Gasteiger partial charge in [-0.3, -0.25) is 9.97 Å². The van der Waals surface area contributed by atoms with Gasteiger partial charge in [-0.2, -0.15) is 0 Å². The quantitative estimate of drug-likeness (QED) is 0.249. The summed E-state index contributed by atoms with van der Waals surface area (Å²) in [5, 5.41) is 7.76. The Balaban J connectivity index is 1.51. The maximum Gasteiger partial charge on any atom is 0.183 e. The molecule has 0 atom stereocenters. The molecule has 42 heavy (non-hydrogen) atoms. The molecule has 0 saturated heterocycles. The van der Waals surface area contributed by atoms with Gasteiger partial charge in [-0.1, -0.05) is 121 Å². The van der Waals surface area contributed by atoms with E-state index >= 15 is 0 Å². The first kappa shape index (κ1) is 23.4. The lowest BCUT2D eigenvalue weighted by atomic mass is 10.1. The zero-order valence-corrected chi connectivity index (χ0v) is 23.8. The molecule has 1 aliphatic heterocycles. The van der Waals surface area contributed by atoms with Gasteiger partial charge in [0.2, 0.25) is 0 Å². The molecule has 0 amide bonds. The maximum atomic E-state index is 5.33. The van der Waals surface area contributed by atoms with Gasteiger partial charge < -0.3 is 4.57 Å². The van der Waals surface area contributed by atoms with Gasteiger partial charge in [0.1, 0.15) is 5.52 Å². The van der Waals surface area contributed by atoms with Crippen LogP contribution in [-0.4, -0.2) is 22.6 Å². The Morgan fingerprint density at radius 3 is 1.81 bits per heavy atom. The van der Waals surface area contributed by atoms with Gasteiger partial charge in [-0.25, -0.2) is 0 Å². The topological polar surface area (TPSA) is 30.7 Å². The fourth-order valence-electron chi connectivity index (χ4n) is 7.31. The number of hydrogen-bond acceptors (Lipinski definition) is 2. The zero-order chi connectivity index (χ0) is 27.7. The van der Waals surface area contributed by atoms with E-state index in [1.807, 2.05) is 0 Å². The summed E-state index contributed by atoms with van der Waals surface area (Å²) in [6, 6.07) is 50.4. The Kier molecular flexibility index (Phi) is 4.92. The molecule has 0 radical (unpaired) electrons. The van der Waals surface area contributed by atoms with Crippen molar-refractivity contribution in [1.82, 2.24) is 14.5 Å². The van der Waals surface area contributed by atoms with E-state index in [0.717, 1.165) is 33.1 Å². The fourth-order valence-corrected chi connectivity index (χ4v) is 12.6. The molecule has 4 heterocycles. The Bertz CT molecular complexity index is 2250. The Hall–Kier alpha value is -5.32. The average Bonchev–Trinajstić information content (AvgIpc) is 3.57. The van der Waals surface area contributed by atoms with Crippen molar-refractivity contribution in [3.05, 3.63) is 152 Å². The molecule has 0 unspecified atom stereocenters. The van der Waals surface area contributed by atoms with Crippen molar-refractivity contribution in [3.63, 3.8) is 0 Å². The number of hydrogen-bond donors (Lipinski definition) is 0. The van der Waals surface area contributed by atoms with E-state index in [1.54, 1.807) is 0 Å². The van der Waals surface area contributed by atoms with Crippen LogP contribution in [0.25, 0.3) is 49.7 Å². The lowest BCUT2D eigenvalue weighted by Crippen LogP contribution is -2.73. The van der Waals surface area contributed by atoms with E-state index in [9.17, 15) is 0 Å². The van der Waals surface area contributed by atoms with Crippen LogP contribution in [0.4, 0.5) is 0 Å². The number of aromatic nitrogens is 3. The SMILES string of the molecule is c1ccc(-n2c3ccccc3c3cnc4c5c(cnc4c32)-c2ccccc2[Si]5(c2ccccc2)c2ccccc2)cc1. The van der Waals surface area contributed by atoms with E-state index < -0.39 is 8.07 Å². The van der Waals surface area contributed by atoms with Crippen molar-refractivity contribution in [2.45, 2.75) is 0 Å². The van der Waals surface area contributed by atoms with Crippen LogP contribution < -0.4 is 20.7 Å². The van der Waals surface area contributed by atoms with Crippen molar-refractivity contribution in [2.24, 2.45) is 0 Å². The summed E-state index contributed by atoms with van der Waals surface area (Å²) in [6.45, 7) is 0. The molecule has 0 spiro atoms. The van der Waals surface area contributed by atoms with Gasteiger partial charge in [0, 0.05) is 34.4 Å². The number of para-hydroxylation sites is 2. The molecule has 0 bridgehead atoms. The third-order valence-electron chi connectivity index (χ3n) is 8.94. The van der Waals surface area contributed by atoms with Crippen LogP contribution in [0.3, 0.4) is 0 Å². The Morgan fingerprint density at radius 1 is 0.476 bits per heavy atom. The smallest absolute Gasteiger partial charge is 0.183 e. The molecule has 0 N–H and O–H groups in total. The fraction of sp³-hybridized carbons (Fsp3) is 0. The highest BCUT2D eigenvalue weighted by Crippen LogP contribution is 2.37. The predicted octanol–water partition coefficient (Wildman–Crippen LogP) is 6.08. The first-order valence-electron chi connectivity index (χ1n) is 14.3. The van der Waals surface area contributed by atoms with Crippen molar-refractivity contribution >= 4 is 61.7 Å². The molecule has 0 aliphatic carbocycles. The summed E-state index contributed by atoms with van der Waals surface area (Å²) in [4.78, 5) is 10.6. The minimum Gasteiger partial charge on any atom is -0.307 e. The lowest BCUT2D eigenvalue weighted by molar-refractivity contribution is 1.18. The average molecular weight is 552 g/mol. The molecule has 0 saturated carbocycles. The molecule has 196 valence electrons. The first-order valence-corrected chi connectivity index (χ1v) is 16.3. The zero-order valence-electron chi connectivity index (χ0n) is 22.8. The van der Waals surface area contributed by atoms with Crippen LogP contribution in [0, 0.1) is 0 Å². The Labute approximate surface area is 244 Å². The standard InChI is InChI=1S/C38H25N3Si/c1-4-14-26(15-5-1)41-33-22-12-10-20-29(33)31-24-40-36-35(37(31)41)39-25-32-30-21-11-13-23-34(30)42(38(32)36,27-16-6-2-7-17-27)28-18-8-3-9-19-28/h1-25H. The van der Waals surface area contributed by atoms with E-state index in [-0.39, 0.29) is 0 Å². The number of nitrogens with zero attached hydrogens (tertiary/aromatic N) is 3. The maximum absolute atomic E-state index is 5.33. The molecule has 3 aromatic heterocycles. The Morgan fingerprint density at radius 2 is 1.07 bits per heavy atom. The molecule has 8 aromatic rings. The number of fused-ring (bicyclic) bond motifs is 9. The lowest BCUT2D eigenvalue weighted by Gasteiger charge is -2.31. The highest BCUT2D eigenvalue weighted by atomic mass is 28.3. The van der Waals surface area contributed by atoms with Gasteiger partial charge in [-0.15, -0.1) is 0 Å². The van der Waals surface area contributed by atoms with Crippen molar-refractivity contribution in [2.75, 3.05) is 0 Å². The summed E-state index contributed by atoms with van der Waals surface area (Å²) in [5.74, 6) is 0. The van der Waals surface area contributed by atoms with Crippen LogP contribution in [0.5, 0.6) is 0 Å². The van der Waals surface area contributed by atoms with Crippen molar-refractivity contribution in [3.8, 4) is 16.8 Å². The minimum atomic E-state index is -2.73. The third kappa shape index (κ3) is 2.99. The highest BCUT2D eigenvalue weighted by Gasteiger charge is 2.50. The van der Waals surface area contributed by atoms with Crippen LogP contribution in [0.2, 0.25) is 0 Å². The summed E-state index contributed by atoms with van der Waals surface area (Å²) in [5.41, 5.74) is 7.80. The number of rotatable bonds is 3. The van der Waals surface area contributed by atoms with Gasteiger partial charge in [0.25, 0.3) is 0 Å². The molecule has 1 aliphatic rings. The van der Waals surface area contributed by atoms with Crippen LogP contribution in [-0.2, 0) is 0 Å². The normalized spacial score (nSPS) is 13.4. The van der Waals surface area contributed by atoms with Crippen molar-refractivity contribution < 1.29 is 0 Å².